The number of carbonyl (C=O) groups is 1. The summed E-state index contributed by atoms with van der Waals surface area (Å²) >= 11 is 0. The molecule has 0 aromatic heterocycles. The molecule has 1 unspecified atom stereocenters. The first-order chi connectivity index (χ1) is 9.22. The molecule has 1 saturated carbocycles. The van der Waals surface area contributed by atoms with Gasteiger partial charge in [0.2, 0.25) is 0 Å². The third-order valence-corrected chi connectivity index (χ3v) is 3.54. The molecule has 2 rings (SSSR count). The summed E-state index contributed by atoms with van der Waals surface area (Å²) in [6.45, 7) is 1.53. The van der Waals surface area contributed by atoms with Gasteiger partial charge >= 0.3 is 6.18 Å². The number of hydrogen-bond acceptors (Lipinski definition) is 2. The number of carbonyl (C=O) groups excluding carboxylic acids is 1. The minimum atomic E-state index is -4.58. The first-order valence-electron chi connectivity index (χ1n) is 6.38. The number of aliphatic hydroxyl groups is 1. The molecule has 0 aliphatic heterocycles. The second-order valence-corrected chi connectivity index (χ2v) is 5.36. The van der Waals surface area contributed by atoms with Crippen molar-refractivity contribution in [2.45, 2.75) is 31.5 Å². The molecule has 0 radical (unpaired) electrons. The molecule has 0 spiro atoms. The van der Waals surface area contributed by atoms with Gasteiger partial charge in [-0.1, -0.05) is 12.1 Å². The molecule has 0 saturated heterocycles. The van der Waals surface area contributed by atoms with Crippen molar-refractivity contribution in [2.24, 2.45) is 5.92 Å². The predicted octanol–water partition coefficient (Wildman–Crippen LogP) is 2.60. The van der Waals surface area contributed by atoms with Crippen molar-refractivity contribution in [1.29, 1.82) is 0 Å². The van der Waals surface area contributed by atoms with Gasteiger partial charge in [-0.2, -0.15) is 13.2 Å². The maximum Gasteiger partial charge on any atom is 0.417 e. The van der Waals surface area contributed by atoms with Gasteiger partial charge in [0.25, 0.3) is 5.91 Å². The van der Waals surface area contributed by atoms with E-state index in [1.165, 1.54) is 12.1 Å². The zero-order valence-electron chi connectivity index (χ0n) is 11.0. The molecule has 6 heteroatoms. The molecule has 2 N–H and O–H groups in total. The molecule has 1 atom stereocenters. The van der Waals surface area contributed by atoms with Gasteiger partial charge in [-0.3, -0.25) is 4.79 Å². The topological polar surface area (TPSA) is 49.3 Å². The van der Waals surface area contributed by atoms with E-state index in [9.17, 15) is 23.1 Å². The van der Waals surface area contributed by atoms with Gasteiger partial charge in [-0.25, -0.2) is 0 Å². The maximum absolute atomic E-state index is 12.8. The third kappa shape index (κ3) is 3.30. The lowest BCUT2D eigenvalue weighted by Crippen LogP contribution is -2.42. The van der Waals surface area contributed by atoms with Crippen molar-refractivity contribution in [3.8, 4) is 0 Å². The van der Waals surface area contributed by atoms with Gasteiger partial charge in [-0.05, 0) is 37.8 Å². The van der Waals surface area contributed by atoms with Crippen LogP contribution in [0.3, 0.4) is 0 Å². The summed E-state index contributed by atoms with van der Waals surface area (Å²) in [6.07, 6.45) is -2.82. The van der Waals surface area contributed by atoms with Crippen molar-refractivity contribution in [3.05, 3.63) is 35.4 Å². The number of nitrogens with one attached hydrogen (secondary N) is 1. The van der Waals surface area contributed by atoms with E-state index in [1.54, 1.807) is 6.92 Å². The van der Waals surface area contributed by atoms with Gasteiger partial charge in [0.15, 0.2) is 0 Å². The van der Waals surface area contributed by atoms with E-state index < -0.39 is 28.8 Å². The summed E-state index contributed by atoms with van der Waals surface area (Å²) in [6, 6.07) is 4.61. The Kier molecular flexibility index (Phi) is 3.77. The SMILES string of the molecule is CC(O)(CNC(=O)c1ccccc1C(F)(F)F)C1CC1. The van der Waals surface area contributed by atoms with Gasteiger partial charge in [0.1, 0.15) is 0 Å². The van der Waals surface area contributed by atoms with Crippen molar-refractivity contribution in [1.82, 2.24) is 5.32 Å². The molecule has 1 aromatic rings. The predicted molar refractivity (Wildman–Crippen MR) is 67.1 cm³/mol. The van der Waals surface area contributed by atoms with Gasteiger partial charge in [0.05, 0.1) is 16.7 Å². The smallest absolute Gasteiger partial charge is 0.388 e. The van der Waals surface area contributed by atoms with Crippen LogP contribution in [0.1, 0.15) is 35.7 Å². The van der Waals surface area contributed by atoms with Crippen LogP contribution in [0.5, 0.6) is 0 Å². The second-order valence-electron chi connectivity index (χ2n) is 5.36. The summed E-state index contributed by atoms with van der Waals surface area (Å²) < 4.78 is 38.4. The second kappa shape index (κ2) is 5.09. The number of hydrogen-bond donors (Lipinski definition) is 2. The van der Waals surface area contributed by atoms with E-state index in [0.29, 0.717) is 0 Å². The third-order valence-electron chi connectivity index (χ3n) is 3.54. The number of benzene rings is 1. The van der Waals surface area contributed by atoms with E-state index in [-0.39, 0.29) is 12.5 Å². The van der Waals surface area contributed by atoms with Gasteiger partial charge in [-0.15, -0.1) is 0 Å². The molecule has 1 amide bonds. The molecule has 1 fully saturated rings. The fraction of sp³-hybridized carbons (Fsp3) is 0.500. The number of alkyl halides is 3. The highest BCUT2D eigenvalue weighted by atomic mass is 19.4. The van der Waals surface area contributed by atoms with Crippen molar-refractivity contribution in [2.75, 3.05) is 6.54 Å². The van der Waals surface area contributed by atoms with Crippen molar-refractivity contribution < 1.29 is 23.1 Å². The van der Waals surface area contributed by atoms with Crippen LogP contribution in [0.2, 0.25) is 0 Å². The maximum atomic E-state index is 12.8. The molecular weight excluding hydrogens is 271 g/mol. The Morgan fingerprint density at radius 2 is 1.95 bits per heavy atom. The molecular formula is C14H16F3NO2. The van der Waals surface area contributed by atoms with E-state index in [4.69, 9.17) is 0 Å². The summed E-state index contributed by atoms with van der Waals surface area (Å²) in [7, 11) is 0. The Hall–Kier alpha value is -1.56. The highest BCUT2D eigenvalue weighted by Crippen LogP contribution is 2.39. The lowest BCUT2D eigenvalue weighted by atomic mass is 10.00. The Bertz CT molecular complexity index is 507. The fourth-order valence-corrected chi connectivity index (χ4v) is 2.13. The molecule has 1 aliphatic rings. The highest BCUT2D eigenvalue weighted by molar-refractivity contribution is 5.95. The Morgan fingerprint density at radius 3 is 2.50 bits per heavy atom. The van der Waals surface area contributed by atoms with Crippen LogP contribution in [-0.4, -0.2) is 23.2 Å². The first-order valence-corrected chi connectivity index (χ1v) is 6.38. The summed E-state index contributed by atoms with van der Waals surface area (Å²) in [5.74, 6) is -0.709. The zero-order chi connectivity index (χ0) is 15.0. The quantitative estimate of drug-likeness (QED) is 0.894. The number of amides is 1. The normalized spacial score (nSPS) is 18.4. The van der Waals surface area contributed by atoms with Crippen molar-refractivity contribution >= 4 is 5.91 Å². The average molecular weight is 287 g/mol. The van der Waals surface area contributed by atoms with E-state index >= 15 is 0 Å². The highest BCUT2D eigenvalue weighted by Gasteiger charge is 2.40. The molecule has 3 nitrogen and oxygen atoms in total. The molecule has 1 aromatic carbocycles. The summed E-state index contributed by atoms with van der Waals surface area (Å²) in [5.41, 5.74) is -2.46. The van der Waals surface area contributed by atoms with Crippen LogP contribution in [0, 0.1) is 5.92 Å². The molecule has 1 aliphatic carbocycles. The van der Waals surface area contributed by atoms with Gasteiger partial charge < -0.3 is 10.4 Å². The van der Waals surface area contributed by atoms with E-state index in [1.807, 2.05) is 0 Å². The zero-order valence-corrected chi connectivity index (χ0v) is 11.0. The van der Waals surface area contributed by atoms with Crippen LogP contribution >= 0.6 is 0 Å². The van der Waals surface area contributed by atoms with Crippen LogP contribution in [-0.2, 0) is 6.18 Å². The average Bonchev–Trinajstić information content (AvgIpc) is 3.19. The summed E-state index contributed by atoms with van der Waals surface area (Å²) in [4.78, 5) is 11.9. The largest absolute Gasteiger partial charge is 0.417 e. The molecule has 110 valence electrons. The number of halogens is 3. The minimum Gasteiger partial charge on any atom is -0.388 e. The van der Waals surface area contributed by atoms with Crippen molar-refractivity contribution in [3.63, 3.8) is 0 Å². The van der Waals surface area contributed by atoms with E-state index in [0.717, 1.165) is 25.0 Å². The van der Waals surface area contributed by atoms with Crippen LogP contribution in [0.15, 0.2) is 24.3 Å². The monoisotopic (exact) mass is 287 g/mol. The Morgan fingerprint density at radius 1 is 1.35 bits per heavy atom. The van der Waals surface area contributed by atoms with Gasteiger partial charge in [0, 0.05) is 6.54 Å². The van der Waals surface area contributed by atoms with E-state index in [2.05, 4.69) is 5.32 Å². The van der Waals surface area contributed by atoms with Crippen LogP contribution in [0.4, 0.5) is 13.2 Å². The van der Waals surface area contributed by atoms with Crippen LogP contribution < -0.4 is 5.32 Å². The fourth-order valence-electron chi connectivity index (χ4n) is 2.13. The minimum absolute atomic E-state index is 0.0529. The standard InChI is InChI=1S/C14H16F3NO2/c1-13(20,9-6-7-9)8-18-12(19)10-4-2-3-5-11(10)14(15,16)17/h2-5,9,20H,6-8H2,1H3,(H,18,19). The Labute approximate surface area is 114 Å². The Balaban J connectivity index is 2.10. The van der Waals surface area contributed by atoms with Crippen LogP contribution in [0.25, 0.3) is 0 Å². The number of rotatable bonds is 4. The molecule has 0 heterocycles. The lowest BCUT2D eigenvalue weighted by molar-refractivity contribution is -0.137. The first kappa shape index (κ1) is 14.8. The molecule has 0 bridgehead atoms. The lowest BCUT2D eigenvalue weighted by Gasteiger charge is -2.23. The summed E-state index contributed by atoms with van der Waals surface area (Å²) in [5, 5.41) is 12.4. The molecule has 20 heavy (non-hydrogen) atoms.